The third-order valence-corrected chi connectivity index (χ3v) is 6.39. The number of carbonyl (C=O) groups is 2. The lowest BCUT2D eigenvalue weighted by Crippen LogP contribution is -2.42. The number of likely N-dealkylation sites (tertiary alicyclic amines) is 1. The lowest BCUT2D eigenvalue weighted by atomic mass is 9.94. The van der Waals surface area contributed by atoms with Crippen LogP contribution < -0.4 is 5.32 Å². The van der Waals surface area contributed by atoms with Crippen LogP contribution in [0.1, 0.15) is 54.9 Å². The van der Waals surface area contributed by atoms with E-state index in [2.05, 4.69) is 43.2 Å². The van der Waals surface area contributed by atoms with Gasteiger partial charge in [-0.2, -0.15) is 0 Å². The van der Waals surface area contributed by atoms with Gasteiger partial charge in [0.1, 0.15) is 11.4 Å². The number of benzene rings is 1. The number of amides is 2. The van der Waals surface area contributed by atoms with Gasteiger partial charge in [0.25, 0.3) is 0 Å². The SMILES string of the molecule is Cc1ccc(NC(=O)C2CCN(C(=O)Cc3coc4cc(C)c(C(C)C)cc34)CC2)nc1. The summed E-state index contributed by atoms with van der Waals surface area (Å²) in [4.78, 5) is 31.7. The van der Waals surface area contributed by atoms with E-state index in [0.29, 0.717) is 44.1 Å². The van der Waals surface area contributed by atoms with Crippen LogP contribution in [0.2, 0.25) is 0 Å². The third kappa shape index (κ3) is 4.69. The van der Waals surface area contributed by atoms with Crippen molar-refractivity contribution in [2.24, 2.45) is 5.92 Å². The molecule has 0 atom stereocenters. The lowest BCUT2D eigenvalue weighted by molar-refractivity contribution is -0.133. The van der Waals surface area contributed by atoms with Crippen molar-refractivity contribution in [2.45, 2.75) is 52.9 Å². The number of nitrogens with one attached hydrogen (secondary N) is 1. The molecule has 6 heteroatoms. The van der Waals surface area contributed by atoms with Gasteiger partial charge in [-0.15, -0.1) is 0 Å². The normalized spacial score (nSPS) is 14.8. The number of rotatable bonds is 5. The Labute approximate surface area is 189 Å². The molecule has 1 fully saturated rings. The standard InChI is InChI=1S/C26H31N3O3/c1-16(2)21-13-22-20(15-32-23(22)11-18(21)4)12-25(30)29-9-7-19(8-10-29)26(31)28-24-6-5-17(3)14-27-24/h5-6,11,13-16,19H,7-10,12H2,1-4H3,(H,27,28,31). The van der Waals surface area contributed by atoms with Crippen LogP contribution in [-0.4, -0.2) is 34.8 Å². The van der Waals surface area contributed by atoms with Gasteiger partial charge in [-0.1, -0.05) is 19.9 Å². The zero-order valence-electron chi connectivity index (χ0n) is 19.3. The van der Waals surface area contributed by atoms with E-state index in [1.165, 1.54) is 11.1 Å². The highest BCUT2D eigenvalue weighted by Crippen LogP contribution is 2.30. The first kappa shape index (κ1) is 22.1. The van der Waals surface area contributed by atoms with E-state index in [9.17, 15) is 9.59 Å². The predicted molar refractivity (Wildman–Crippen MR) is 126 cm³/mol. The monoisotopic (exact) mass is 433 g/mol. The molecular weight excluding hydrogens is 402 g/mol. The number of aryl methyl sites for hydroxylation is 2. The fourth-order valence-corrected chi connectivity index (χ4v) is 4.44. The number of hydrogen-bond donors (Lipinski definition) is 1. The molecule has 6 nitrogen and oxygen atoms in total. The van der Waals surface area contributed by atoms with Gasteiger partial charge in [-0.3, -0.25) is 9.59 Å². The molecule has 1 aliphatic rings. The number of furan rings is 1. The summed E-state index contributed by atoms with van der Waals surface area (Å²) >= 11 is 0. The molecule has 0 saturated carbocycles. The van der Waals surface area contributed by atoms with Crippen molar-refractivity contribution in [1.82, 2.24) is 9.88 Å². The van der Waals surface area contributed by atoms with Gasteiger partial charge in [0.05, 0.1) is 12.7 Å². The van der Waals surface area contributed by atoms with E-state index < -0.39 is 0 Å². The molecule has 1 aliphatic heterocycles. The van der Waals surface area contributed by atoms with E-state index in [-0.39, 0.29) is 17.7 Å². The smallest absolute Gasteiger partial charge is 0.228 e. The van der Waals surface area contributed by atoms with Gasteiger partial charge in [0, 0.05) is 36.2 Å². The number of anilines is 1. The minimum absolute atomic E-state index is 0.0223. The van der Waals surface area contributed by atoms with Crippen molar-refractivity contribution in [3.63, 3.8) is 0 Å². The quantitative estimate of drug-likeness (QED) is 0.615. The van der Waals surface area contributed by atoms with E-state index in [4.69, 9.17) is 4.42 Å². The molecule has 0 bridgehead atoms. The molecule has 2 aromatic heterocycles. The Hall–Kier alpha value is -3.15. The maximum atomic E-state index is 13.0. The van der Waals surface area contributed by atoms with Crippen LogP contribution >= 0.6 is 0 Å². The zero-order chi connectivity index (χ0) is 22.8. The van der Waals surface area contributed by atoms with Crippen LogP contribution in [-0.2, 0) is 16.0 Å². The second kappa shape index (κ2) is 9.15. The molecule has 168 valence electrons. The minimum atomic E-state index is -0.103. The van der Waals surface area contributed by atoms with Crippen molar-refractivity contribution in [3.05, 3.63) is 59.0 Å². The highest BCUT2D eigenvalue weighted by molar-refractivity contribution is 5.92. The molecule has 32 heavy (non-hydrogen) atoms. The van der Waals surface area contributed by atoms with Crippen molar-refractivity contribution in [1.29, 1.82) is 0 Å². The lowest BCUT2D eigenvalue weighted by Gasteiger charge is -2.31. The van der Waals surface area contributed by atoms with Crippen LogP contribution in [0.4, 0.5) is 5.82 Å². The van der Waals surface area contributed by atoms with E-state index >= 15 is 0 Å². The summed E-state index contributed by atoms with van der Waals surface area (Å²) < 4.78 is 5.74. The van der Waals surface area contributed by atoms with Crippen molar-refractivity contribution in [2.75, 3.05) is 18.4 Å². The Bertz CT molecular complexity index is 1120. The van der Waals surface area contributed by atoms with Crippen molar-refractivity contribution in [3.8, 4) is 0 Å². The Morgan fingerprint density at radius 1 is 1.19 bits per heavy atom. The maximum Gasteiger partial charge on any atom is 0.228 e. The van der Waals surface area contributed by atoms with Gasteiger partial charge in [-0.25, -0.2) is 4.98 Å². The summed E-state index contributed by atoms with van der Waals surface area (Å²) in [6.07, 6.45) is 5.08. The molecule has 0 unspecified atom stereocenters. The molecule has 0 radical (unpaired) electrons. The van der Waals surface area contributed by atoms with Gasteiger partial charge in [0.15, 0.2) is 0 Å². The molecule has 1 saturated heterocycles. The number of aromatic nitrogens is 1. The van der Waals surface area contributed by atoms with Crippen LogP contribution in [0.25, 0.3) is 11.0 Å². The first-order valence-electron chi connectivity index (χ1n) is 11.3. The zero-order valence-corrected chi connectivity index (χ0v) is 19.3. The van der Waals surface area contributed by atoms with Gasteiger partial charge in [-0.05, 0) is 67.5 Å². The molecule has 3 heterocycles. The van der Waals surface area contributed by atoms with E-state index in [0.717, 1.165) is 22.1 Å². The number of nitrogens with zero attached hydrogens (tertiary/aromatic N) is 2. The maximum absolute atomic E-state index is 13.0. The summed E-state index contributed by atoms with van der Waals surface area (Å²) in [5.41, 5.74) is 5.30. The van der Waals surface area contributed by atoms with Gasteiger partial charge in [0.2, 0.25) is 11.8 Å². The highest BCUT2D eigenvalue weighted by atomic mass is 16.3. The van der Waals surface area contributed by atoms with Crippen LogP contribution in [0.15, 0.2) is 41.1 Å². The van der Waals surface area contributed by atoms with Gasteiger partial charge >= 0.3 is 0 Å². The van der Waals surface area contributed by atoms with Crippen molar-refractivity contribution >= 4 is 28.6 Å². The number of fused-ring (bicyclic) bond motifs is 1. The molecule has 4 rings (SSSR count). The second-order valence-electron chi connectivity index (χ2n) is 9.16. The Kier molecular flexibility index (Phi) is 6.31. The van der Waals surface area contributed by atoms with Crippen LogP contribution in [0.5, 0.6) is 0 Å². The summed E-state index contributed by atoms with van der Waals surface area (Å²) in [6.45, 7) is 9.58. The van der Waals surface area contributed by atoms with E-state index in [1.807, 2.05) is 24.0 Å². The second-order valence-corrected chi connectivity index (χ2v) is 9.16. The highest BCUT2D eigenvalue weighted by Gasteiger charge is 2.28. The first-order chi connectivity index (χ1) is 15.3. The van der Waals surface area contributed by atoms with Crippen LogP contribution in [0.3, 0.4) is 0 Å². The number of pyridine rings is 1. The molecule has 1 N–H and O–H groups in total. The van der Waals surface area contributed by atoms with Crippen LogP contribution in [0, 0.1) is 19.8 Å². The van der Waals surface area contributed by atoms with Gasteiger partial charge < -0.3 is 14.6 Å². The average molecular weight is 434 g/mol. The molecule has 0 aliphatic carbocycles. The topological polar surface area (TPSA) is 75.4 Å². The molecule has 0 spiro atoms. The number of hydrogen-bond acceptors (Lipinski definition) is 4. The summed E-state index contributed by atoms with van der Waals surface area (Å²) in [5.74, 6) is 0.942. The Balaban J connectivity index is 1.36. The first-order valence-corrected chi connectivity index (χ1v) is 11.3. The Morgan fingerprint density at radius 2 is 1.94 bits per heavy atom. The molecule has 2 amide bonds. The van der Waals surface area contributed by atoms with E-state index in [1.54, 1.807) is 12.5 Å². The fourth-order valence-electron chi connectivity index (χ4n) is 4.44. The summed E-state index contributed by atoms with van der Waals surface area (Å²) in [5, 5.41) is 3.91. The summed E-state index contributed by atoms with van der Waals surface area (Å²) in [7, 11) is 0. The third-order valence-electron chi connectivity index (χ3n) is 6.39. The predicted octanol–water partition coefficient (Wildman–Crippen LogP) is 4.99. The Morgan fingerprint density at radius 3 is 2.59 bits per heavy atom. The molecule has 1 aromatic carbocycles. The summed E-state index contributed by atoms with van der Waals surface area (Å²) in [6, 6.07) is 7.96. The minimum Gasteiger partial charge on any atom is -0.464 e. The average Bonchev–Trinajstić information content (AvgIpc) is 3.15. The molecule has 3 aromatic rings. The largest absolute Gasteiger partial charge is 0.464 e. The fraction of sp³-hybridized carbons (Fsp3) is 0.423. The number of piperidine rings is 1. The number of carbonyl (C=O) groups excluding carboxylic acids is 2. The van der Waals surface area contributed by atoms with Crippen molar-refractivity contribution < 1.29 is 14.0 Å². The molecular formula is C26H31N3O3.